The van der Waals surface area contributed by atoms with Gasteiger partial charge in [0.2, 0.25) is 0 Å². The Kier molecular flexibility index (Phi) is 13.8. The number of nitriles is 2. The van der Waals surface area contributed by atoms with Crippen LogP contribution in [0.4, 0.5) is 0 Å². The lowest BCUT2D eigenvalue weighted by molar-refractivity contribution is 0.249. The third-order valence-electron chi connectivity index (χ3n) is 12.3. The Balaban J connectivity index is 1.53. The molecule has 5 aromatic carbocycles. The van der Waals surface area contributed by atoms with Crippen LogP contribution in [0.3, 0.4) is 0 Å². The van der Waals surface area contributed by atoms with Crippen molar-refractivity contribution >= 4 is 52.6 Å². The molecular formula is C56H48B2N9O. The molecule has 0 unspecified atom stereocenters. The number of hydrogen-bond donors (Lipinski definition) is 0. The number of nitrogens with zero attached hydrogens (tertiary/aromatic N) is 9. The van der Waals surface area contributed by atoms with Crippen molar-refractivity contribution in [1.82, 2.24) is 33.8 Å². The molecule has 12 heteroatoms. The van der Waals surface area contributed by atoms with Crippen LogP contribution in [0.2, 0.25) is 0 Å². The van der Waals surface area contributed by atoms with Gasteiger partial charge in [0, 0.05) is 59.1 Å². The van der Waals surface area contributed by atoms with Gasteiger partial charge in [-0.25, -0.2) is 19.9 Å². The number of aryl methyl sites for hydroxylation is 1. The molecule has 0 spiro atoms. The molecule has 0 fully saturated rings. The van der Waals surface area contributed by atoms with E-state index in [4.69, 9.17) is 24.7 Å². The largest absolute Gasteiger partial charge is 0.494 e. The molecule has 0 aliphatic heterocycles. The summed E-state index contributed by atoms with van der Waals surface area (Å²) in [6.45, 7) is 9.49. The minimum atomic E-state index is -0.487. The fraction of sp³-hybridized carbons (Fsp3) is 0.143. The molecule has 0 N–H and O–H groups in total. The van der Waals surface area contributed by atoms with E-state index in [0.29, 0.717) is 17.3 Å². The number of fused-ring (bicyclic) bond motifs is 1. The molecule has 329 valence electrons. The van der Waals surface area contributed by atoms with Crippen LogP contribution in [0.1, 0.15) is 37.5 Å². The number of benzene rings is 5. The van der Waals surface area contributed by atoms with Gasteiger partial charge in [-0.1, -0.05) is 145 Å². The molecule has 0 aliphatic rings. The van der Waals surface area contributed by atoms with Crippen LogP contribution >= 0.6 is 0 Å². The highest BCUT2D eigenvalue weighted by molar-refractivity contribution is 6.84. The Morgan fingerprint density at radius 3 is 1.68 bits per heavy atom. The molecule has 0 bridgehead atoms. The summed E-state index contributed by atoms with van der Waals surface area (Å²) in [6, 6.07) is 55.8. The average molecular weight is 885 g/mol. The summed E-state index contributed by atoms with van der Waals surface area (Å²) < 4.78 is 10.7. The molecule has 1 radical (unpaired) electrons. The van der Waals surface area contributed by atoms with E-state index in [0.717, 1.165) is 87.0 Å². The van der Waals surface area contributed by atoms with Gasteiger partial charge < -0.3 is 18.6 Å². The first-order chi connectivity index (χ1) is 33.5. The molecule has 0 aliphatic carbocycles. The number of ether oxygens (including phenoxy) is 1. The smallest absolute Gasteiger partial charge is 0.328 e. The first-order valence-electron chi connectivity index (χ1n) is 23.0. The maximum atomic E-state index is 11.7. The summed E-state index contributed by atoms with van der Waals surface area (Å²) in [5.74, 6) is 1.27. The van der Waals surface area contributed by atoms with E-state index < -0.39 is 6.85 Å². The predicted octanol–water partition coefficient (Wildman–Crippen LogP) is 6.67. The van der Waals surface area contributed by atoms with E-state index in [1.165, 1.54) is 0 Å². The normalized spacial score (nSPS) is 12.0. The molecule has 0 saturated carbocycles. The molecule has 9 aromatic rings. The van der Waals surface area contributed by atoms with Gasteiger partial charge in [0.15, 0.2) is 11.6 Å². The minimum Gasteiger partial charge on any atom is -0.494 e. The van der Waals surface area contributed by atoms with Crippen LogP contribution in [0.15, 0.2) is 176 Å². The maximum absolute atomic E-state index is 11.7. The maximum Gasteiger partial charge on any atom is 0.328 e. The van der Waals surface area contributed by atoms with Gasteiger partial charge in [0.25, 0.3) is 7.41 Å². The quantitative estimate of drug-likeness (QED) is 0.0781. The summed E-state index contributed by atoms with van der Waals surface area (Å²) in [7, 11) is 2.05. The first kappa shape index (κ1) is 44.9. The molecule has 4 heterocycles. The van der Waals surface area contributed by atoms with E-state index in [-0.39, 0.29) is 22.8 Å². The van der Waals surface area contributed by atoms with Gasteiger partial charge >= 0.3 is 6.85 Å². The Hall–Kier alpha value is -8.31. The van der Waals surface area contributed by atoms with Crippen LogP contribution in [0.25, 0.3) is 44.4 Å². The summed E-state index contributed by atoms with van der Waals surface area (Å²) >= 11 is 0. The van der Waals surface area contributed by atoms with Gasteiger partial charge in [-0.05, 0) is 74.0 Å². The van der Waals surface area contributed by atoms with Crippen molar-refractivity contribution in [3.8, 4) is 40.4 Å². The van der Waals surface area contributed by atoms with Crippen molar-refractivity contribution in [1.29, 1.82) is 10.5 Å². The molecular weight excluding hydrogens is 836 g/mol. The zero-order valence-corrected chi connectivity index (χ0v) is 38.4. The monoisotopic (exact) mass is 884 g/mol. The lowest BCUT2D eigenvalue weighted by atomic mass is 9.50. The topological polar surface area (TPSA) is 121 Å². The molecule has 0 amide bonds. The van der Waals surface area contributed by atoms with Gasteiger partial charge in [-0.2, -0.15) is 10.5 Å². The van der Waals surface area contributed by atoms with E-state index in [1.54, 1.807) is 36.9 Å². The zero-order chi connectivity index (χ0) is 46.8. The minimum absolute atomic E-state index is 0.256. The number of hydrogen-bond acceptors (Lipinski definition) is 8. The Labute approximate surface area is 398 Å². The van der Waals surface area contributed by atoms with Gasteiger partial charge in [0.05, 0.1) is 17.3 Å². The summed E-state index contributed by atoms with van der Waals surface area (Å²) in [6.07, 6.45) is 7.52. The molecule has 0 saturated heterocycles. The van der Waals surface area contributed by atoms with E-state index in [1.807, 2.05) is 91.0 Å². The molecule has 4 aromatic heterocycles. The highest BCUT2D eigenvalue weighted by atomic mass is 16.5. The number of rotatable bonds is 16. The van der Waals surface area contributed by atoms with Gasteiger partial charge in [-0.3, -0.25) is 0 Å². The summed E-state index contributed by atoms with van der Waals surface area (Å²) in [4.78, 5) is 21.3. The van der Waals surface area contributed by atoms with Crippen molar-refractivity contribution < 1.29 is 4.74 Å². The van der Waals surface area contributed by atoms with Crippen molar-refractivity contribution in [2.75, 3.05) is 26.2 Å². The summed E-state index contributed by atoms with van der Waals surface area (Å²) in [5.41, 5.74) is 7.66. The first-order valence-corrected chi connectivity index (χ1v) is 23.0. The molecule has 10 nitrogen and oxygen atoms in total. The van der Waals surface area contributed by atoms with E-state index >= 15 is 0 Å². The van der Waals surface area contributed by atoms with Crippen molar-refractivity contribution in [2.45, 2.75) is 27.2 Å². The Morgan fingerprint density at radius 2 is 1.13 bits per heavy atom. The predicted molar refractivity (Wildman–Crippen MR) is 274 cm³/mol. The van der Waals surface area contributed by atoms with Gasteiger partial charge in [-0.15, -0.1) is 0 Å². The highest BCUT2D eigenvalue weighted by Crippen LogP contribution is 2.37. The third-order valence-corrected chi connectivity index (χ3v) is 12.3. The van der Waals surface area contributed by atoms with E-state index in [2.05, 4.69) is 103 Å². The summed E-state index contributed by atoms with van der Waals surface area (Å²) in [5, 5.41) is 25.9. The lowest BCUT2D eigenvalue weighted by Gasteiger charge is -2.23. The Morgan fingerprint density at radius 1 is 0.618 bits per heavy atom. The van der Waals surface area contributed by atoms with E-state index in [9.17, 15) is 10.5 Å². The van der Waals surface area contributed by atoms with Gasteiger partial charge in [0.1, 0.15) is 29.0 Å². The SMILES string of the molecule is CCN(CC)CCCOc1ccc(-c2c3/c(=C(\C#N)c4ncccn4)n(B(c4ccccc4)c4ccccc4)c(-c4ccccc4C)c3/c(=C(\C#N)c3ncccn3)n2[B]c2ccccc2)cc1. The second-order valence-corrected chi connectivity index (χ2v) is 16.3. The van der Waals surface area contributed by atoms with Crippen LogP contribution in [-0.4, -0.2) is 74.3 Å². The molecule has 0 atom stereocenters. The Bertz CT molecular complexity index is 3330. The van der Waals surface area contributed by atoms with Crippen LogP contribution in [0.5, 0.6) is 5.75 Å². The lowest BCUT2D eigenvalue weighted by Crippen LogP contribution is -2.53. The third kappa shape index (κ3) is 8.98. The second kappa shape index (κ2) is 20.9. The highest BCUT2D eigenvalue weighted by Gasteiger charge is 2.35. The zero-order valence-electron chi connectivity index (χ0n) is 38.4. The van der Waals surface area contributed by atoms with Crippen LogP contribution in [0, 0.1) is 29.6 Å². The fourth-order valence-corrected chi connectivity index (χ4v) is 9.12. The average Bonchev–Trinajstić information content (AvgIpc) is 3.88. The fourth-order valence-electron chi connectivity index (χ4n) is 9.12. The molecule has 68 heavy (non-hydrogen) atoms. The van der Waals surface area contributed by atoms with Crippen molar-refractivity contribution in [2.24, 2.45) is 0 Å². The standard InChI is InChI=1S/C56H48B2N9O/c1-4-65(5-2)36-19-37-68-45-30-28-41(29-31-45)51-49-50(52(47(38-59)55-61-32-17-33-62-55)66(51)57-42-21-9-6-10-22-42)53(46-27-16-15-20-40(46)3)67(54(49)48(39-60)56-63-34-18-35-64-56)58(43-23-11-7-12-24-43)44-25-13-8-14-26-44/h6-18,20-35H,4-5,19,36-37H2,1-3H3/b52-47-,54-48-. The van der Waals surface area contributed by atoms with Crippen molar-refractivity contribution in [3.05, 3.63) is 204 Å². The van der Waals surface area contributed by atoms with Crippen LogP contribution in [-0.2, 0) is 0 Å². The van der Waals surface area contributed by atoms with Crippen molar-refractivity contribution in [3.63, 3.8) is 0 Å². The molecule has 9 rings (SSSR count). The van der Waals surface area contributed by atoms with Crippen LogP contribution < -0.4 is 31.8 Å². The number of aromatic nitrogens is 6. The second-order valence-electron chi connectivity index (χ2n) is 16.3.